The highest BCUT2D eigenvalue weighted by Crippen LogP contribution is 2.27. The molecular formula is C14H19FN2OS. The molecule has 104 valence electrons. The van der Waals surface area contributed by atoms with E-state index in [-0.39, 0.29) is 17.6 Å². The molecule has 1 aliphatic rings. The summed E-state index contributed by atoms with van der Waals surface area (Å²) in [5.41, 5.74) is 6.12. The van der Waals surface area contributed by atoms with Gasteiger partial charge in [-0.25, -0.2) is 4.39 Å². The summed E-state index contributed by atoms with van der Waals surface area (Å²) in [6.45, 7) is 0. The summed E-state index contributed by atoms with van der Waals surface area (Å²) < 4.78 is 13.2. The second kappa shape index (κ2) is 6.28. The summed E-state index contributed by atoms with van der Waals surface area (Å²) >= 11 is 1.85. The molecule has 0 bridgehead atoms. The zero-order valence-electron chi connectivity index (χ0n) is 11.0. The van der Waals surface area contributed by atoms with Gasteiger partial charge >= 0.3 is 0 Å². The van der Waals surface area contributed by atoms with E-state index in [4.69, 9.17) is 5.73 Å². The fourth-order valence-corrected chi connectivity index (χ4v) is 3.33. The lowest BCUT2D eigenvalue weighted by Crippen LogP contribution is -2.39. The predicted octanol–water partition coefficient (Wildman–Crippen LogP) is 2.81. The maximum atomic E-state index is 13.2. The van der Waals surface area contributed by atoms with Crippen molar-refractivity contribution < 1.29 is 9.18 Å². The van der Waals surface area contributed by atoms with Gasteiger partial charge in [-0.15, -0.1) is 0 Å². The monoisotopic (exact) mass is 282 g/mol. The Hall–Kier alpha value is -1.23. The largest absolute Gasteiger partial charge is 0.399 e. The van der Waals surface area contributed by atoms with Crippen LogP contribution in [0.25, 0.3) is 0 Å². The van der Waals surface area contributed by atoms with Gasteiger partial charge in [-0.05, 0) is 43.7 Å². The zero-order chi connectivity index (χ0) is 13.8. The molecule has 5 heteroatoms. The van der Waals surface area contributed by atoms with Crippen LogP contribution in [0.2, 0.25) is 0 Å². The molecule has 0 radical (unpaired) electrons. The molecule has 0 saturated heterocycles. The van der Waals surface area contributed by atoms with Gasteiger partial charge in [0, 0.05) is 22.5 Å². The fourth-order valence-electron chi connectivity index (χ4n) is 2.50. The first-order valence-corrected chi connectivity index (χ1v) is 7.77. The highest BCUT2D eigenvalue weighted by Gasteiger charge is 2.23. The van der Waals surface area contributed by atoms with Crippen LogP contribution in [0.4, 0.5) is 10.1 Å². The smallest absolute Gasteiger partial charge is 0.251 e. The minimum Gasteiger partial charge on any atom is -0.399 e. The molecule has 1 aliphatic carbocycles. The number of thioether (sulfide) groups is 1. The van der Waals surface area contributed by atoms with Crippen molar-refractivity contribution in [3.05, 3.63) is 29.6 Å². The summed E-state index contributed by atoms with van der Waals surface area (Å²) in [6, 6.07) is 4.12. The van der Waals surface area contributed by atoms with Crippen LogP contribution < -0.4 is 11.1 Å². The van der Waals surface area contributed by atoms with Crippen molar-refractivity contribution in [3.8, 4) is 0 Å². The number of carbonyl (C=O) groups excluding carboxylic acids is 1. The molecule has 2 rings (SSSR count). The van der Waals surface area contributed by atoms with E-state index >= 15 is 0 Å². The second-order valence-electron chi connectivity index (χ2n) is 4.97. The van der Waals surface area contributed by atoms with E-state index in [1.54, 1.807) is 0 Å². The highest BCUT2D eigenvalue weighted by molar-refractivity contribution is 7.99. The Morgan fingerprint density at radius 1 is 1.42 bits per heavy atom. The van der Waals surface area contributed by atoms with Crippen LogP contribution in [0.5, 0.6) is 0 Å². The van der Waals surface area contributed by atoms with Crippen molar-refractivity contribution in [3.63, 3.8) is 0 Å². The van der Waals surface area contributed by atoms with Crippen LogP contribution in [0.1, 0.15) is 36.0 Å². The Kier molecular flexibility index (Phi) is 4.69. The van der Waals surface area contributed by atoms with Gasteiger partial charge in [-0.2, -0.15) is 11.8 Å². The van der Waals surface area contributed by atoms with Crippen LogP contribution in [0.3, 0.4) is 0 Å². The maximum absolute atomic E-state index is 13.2. The number of benzene rings is 1. The van der Waals surface area contributed by atoms with E-state index in [9.17, 15) is 9.18 Å². The van der Waals surface area contributed by atoms with E-state index in [0.29, 0.717) is 10.8 Å². The molecule has 2 atom stereocenters. The van der Waals surface area contributed by atoms with Gasteiger partial charge in [-0.3, -0.25) is 4.79 Å². The number of nitrogens with one attached hydrogen (secondary N) is 1. The van der Waals surface area contributed by atoms with E-state index in [1.807, 2.05) is 11.8 Å². The minimum absolute atomic E-state index is 0.184. The molecule has 3 nitrogen and oxygen atoms in total. The first-order chi connectivity index (χ1) is 9.08. The van der Waals surface area contributed by atoms with Gasteiger partial charge in [0.25, 0.3) is 5.91 Å². The van der Waals surface area contributed by atoms with Crippen LogP contribution in [-0.2, 0) is 0 Å². The van der Waals surface area contributed by atoms with Crippen molar-refractivity contribution in [2.45, 2.75) is 37.0 Å². The van der Waals surface area contributed by atoms with Crippen molar-refractivity contribution >= 4 is 23.4 Å². The Bertz CT molecular complexity index is 447. The number of hydrogen-bond donors (Lipinski definition) is 2. The van der Waals surface area contributed by atoms with Crippen molar-refractivity contribution in [1.82, 2.24) is 5.32 Å². The lowest BCUT2D eigenvalue weighted by molar-refractivity contribution is 0.0928. The number of nitrogen functional groups attached to an aromatic ring is 1. The Morgan fingerprint density at radius 2 is 2.21 bits per heavy atom. The SMILES string of the molecule is CSC1CCCC(NC(=O)c2cc(N)cc(F)c2)C1. The third kappa shape index (κ3) is 3.86. The average molecular weight is 282 g/mol. The standard InChI is InChI=1S/C14H19FN2OS/c1-19-13-4-2-3-12(8-13)17-14(18)9-5-10(15)7-11(16)6-9/h5-7,12-13H,2-4,8,16H2,1H3,(H,17,18). The van der Waals surface area contributed by atoms with Gasteiger partial charge in [0.15, 0.2) is 0 Å². The molecule has 0 aliphatic heterocycles. The molecule has 1 aromatic carbocycles. The first-order valence-electron chi connectivity index (χ1n) is 6.48. The van der Waals surface area contributed by atoms with Crippen molar-refractivity contribution in [1.29, 1.82) is 0 Å². The molecule has 0 heterocycles. The molecule has 3 N–H and O–H groups in total. The molecule has 19 heavy (non-hydrogen) atoms. The summed E-state index contributed by atoms with van der Waals surface area (Å²) in [5.74, 6) is -0.714. The van der Waals surface area contributed by atoms with E-state index in [2.05, 4.69) is 11.6 Å². The maximum Gasteiger partial charge on any atom is 0.251 e. The molecule has 1 fully saturated rings. The molecule has 0 aromatic heterocycles. The third-order valence-corrected chi connectivity index (χ3v) is 4.57. The predicted molar refractivity (Wildman–Crippen MR) is 77.8 cm³/mol. The number of carbonyl (C=O) groups is 1. The van der Waals surface area contributed by atoms with Crippen LogP contribution >= 0.6 is 11.8 Å². The summed E-state index contributed by atoms with van der Waals surface area (Å²) in [4.78, 5) is 12.1. The summed E-state index contributed by atoms with van der Waals surface area (Å²) in [6.07, 6.45) is 6.41. The van der Waals surface area contributed by atoms with Gasteiger partial charge < -0.3 is 11.1 Å². The van der Waals surface area contributed by atoms with Gasteiger partial charge in [-0.1, -0.05) is 6.42 Å². The number of rotatable bonds is 3. The van der Waals surface area contributed by atoms with Gasteiger partial charge in [0.2, 0.25) is 0 Å². The minimum atomic E-state index is -0.476. The van der Waals surface area contributed by atoms with Gasteiger partial charge in [0.05, 0.1) is 0 Å². The molecular weight excluding hydrogens is 263 g/mol. The Labute approximate surface area is 117 Å². The van der Waals surface area contributed by atoms with E-state index < -0.39 is 5.82 Å². The topological polar surface area (TPSA) is 55.1 Å². The summed E-state index contributed by atoms with van der Waals surface area (Å²) in [5, 5.41) is 3.59. The molecule has 1 amide bonds. The number of nitrogens with two attached hydrogens (primary N) is 1. The number of hydrogen-bond acceptors (Lipinski definition) is 3. The molecule has 0 spiro atoms. The van der Waals surface area contributed by atoms with Gasteiger partial charge in [0.1, 0.15) is 5.82 Å². The normalized spacial score (nSPS) is 23.1. The van der Waals surface area contributed by atoms with Crippen LogP contribution in [0, 0.1) is 5.82 Å². The number of halogens is 1. The lowest BCUT2D eigenvalue weighted by atomic mass is 9.94. The second-order valence-corrected chi connectivity index (χ2v) is 6.11. The van der Waals surface area contributed by atoms with Crippen molar-refractivity contribution in [2.75, 3.05) is 12.0 Å². The number of anilines is 1. The first kappa shape index (κ1) is 14.2. The third-order valence-electron chi connectivity index (χ3n) is 3.48. The number of amides is 1. The zero-order valence-corrected chi connectivity index (χ0v) is 11.8. The van der Waals surface area contributed by atoms with Crippen LogP contribution in [0.15, 0.2) is 18.2 Å². The van der Waals surface area contributed by atoms with E-state index in [1.165, 1.54) is 24.6 Å². The lowest BCUT2D eigenvalue weighted by Gasteiger charge is -2.28. The summed E-state index contributed by atoms with van der Waals surface area (Å²) in [7, 11) is 0. The fraction of sp³-hybridized carbons (Fsp3) is 0.500. The highest BCUT2D eigenvalue weighted by atomic mass is 32.2. The van der Waals surface area contributed by atoms with Crippen LogP contribution in [-0.4, -0.2) is 23.5 Å². The van der Waals surface area contributed by atoms with Crippen molar-refractivity contribution in [2.24, 2.45) is 0 Å². The Balaban J connectivity index is 2.00. The molecule has 1 aromatic rings. The molecule has 1 saturated carbocycles. The quantitative estimate of drug-likeness (QED) is 0.838. The molecule has 2 unspecified atom stereocenters. The average Bonchev–Trinajstić information content (AvgIpc) is 2.37. The van der Waals surface area contributed by atoms with E-state index in [0.717, 1.165) is 19.3 Å². The Morgan fingerprint density at radius 3 is 2.89 bits per heavy atom.